The molecule has 6 nitrogen and oxygen atoms in total. The second kappa shape index (κ2) is 6.28. The van der Waals surface area contributed by atoms with Crippen molar-refractivity contribution in [2.45, 2.75) is 61.9 Å². The van der Waals surface area contributed by atoms with Crippen LogP contribution in [0.3, 0.4) is 0 Å². The van der Waals surface area contributed by atoms with Gasteiger partial charge in [-0.25, -0.2) is 8.42 Å². The Morgan fingerprint density at radius 2 is 1.64 bits per heavy atom. The van der Waals surface area contributed by atoms with E-state index in [4.69, 9.17) is 0 Å². The van der Waals surface area contributed by atoms with Crippen molar-refractivity contribution >= 4 is 21.6 Å². The van der Waals surface area contributed by atoms with Gasteiger partial charge in [0.15, 0.2) is 0 Å². The Balaban J connectivity index is 1.32. The highest BCUT2D eigenvalue weighted by molar-refractivity contribution is 7.89. The molecule has 2 unspecified atom stereocenters. The maximum atomic E-state index is 13.2. The first-order valence-corrected chi connectivity index (χ1v) is 11.9. The van der Waals surface area contributed by atoms with Crippen molar-refractivity contribution in [3.63, 3.8) is 0 Å². The van der Waals surface area contributed by atoms with Gasteiger partial charge in [-0.3, -0.25) is 4.79 Å². The van der Waals surface area contributed by atoms with Crippen LogP contribution in [0.1, 0.15) is 51.4 Å². The van der Waals surface area contributed by atoms with Crippen LogP contribution in [-0.2, 0) is 14.8 Å². The maximum absolute atomic E-state index is 13.2. The highest BCUT2D eigenvalue weighted by Gasteiger charge is 2.60. The number of nitrogens with zero attached hydrogens (tertiary/aromatic N) is 1. The first-order chi connectivity index (χ1) is 13.3. The van der Waals surface area contributed by atoms with Gasteiger partial charge >= 0.3 is 0 Å². The van der Waals surface area contributed by atoms with Crippen molar-refractivity contribution < 1.29 is 18.3 Å². The van der Waals surface area contributed by atoms with Gasteiger partial charge in [0, 0.05) is 18.8 Å². The summed E-state index contributed by atoms with van der Waals surface area (Å²) in [5.74, 6) is 0.880. The summed E-state index contributed by atoms with van der Waals surface area (Å²) in [6.45, 7) is 1.16. The Bertz CT molecular complexity index is 875. The summed E-state index contributed by atoms with van der Waals surface area (Å²) in [6, 6.07) is 6.51. The molecule has 1 aromatic carbocycles. The van der Waals surface area contributed by atoms with Crippen molar-refractivity contribution in [3.8, 4) is 0 Å². The lowest BCUT2D eigenvalue weighted by Gasteiger charge is -2.59. The molecule has 0 aromatic heterocycles. The van der Waals surface area contributed by atoms with Gasteiger partial charge < -0.3 is 10.4 Å². The standard InChI is InChI=1S/C21H28N2O4S/c24-19(20-10-15-9-16(11-20)13-21(25,12-15)14-20)22-17-3-5-18(6-4-17)28(26,27)23-7-1-2-8-23/h3-6,15-16,25H,1-2,7-14H2,(H,22,24). The van der Waals surface area contributed by atoms with E-state index in [0.717, 1.165) is 44.9 Å². The largest absolute Gasteiger partial charge is 0.390 e. The third-order valence-electron chi connectivity index (χ3n) is 7.33. The lowest BCUT2D eigenvalue weighted by atomic mass is 9.47. The summed E-state index contributed by atoms with van der Waals surface area (Å²) in [5.41, 5.74) is -0.526. The first kappa shape index (κ1) is 18.6. The summed E-state index contributed by atoms with van der Waals surface area (Å²) in [6.07, 6.45) is 6.90. The molecule has 5 fully saturated rings. The molecule has 6 rings (SSSR count). The number of rotatable bonds is 4. The molecule has 4 bridgehead atoms. The minimum Gasteiger partial charge on any atom is -0.390 e. The summed E-state index contributed by atoms with van der Waals surface area (Å²) in [7, 11) is -3.44. The van der Waals surface area contributed by atoms with Crippen molar-refractivity contribution in [2.75, 3.05) is 18.4 Å². The topological polar surface area (TPSA) is 86.7 Å². The van der Waals surface area contributed by atoms with Crippen molar-refractivity contribution in [1.82, 2.24) is 4.31 Å². The van der Waals surface area contributed by atoms with E-state index in [9.17, 15) is 18.3 Å². The molecule has 4 saturated carbocycles. The first-order valence-electron chi connectivity index (χ1n) is 10.4. The molecule has 2 N–H and O–H groups in total. The average molecular weight is 405 g/mol. The Morgan fingerprint density at radius 1 is 1.04 bits per heavy atom. The quantitative estimate of drug-likeness (QED) is 0.808. The Hall–Kier alpha value is -1.44. The van der Waals surface area contributed by atoms with E-state index in [1.165, 1.54) is 4.31 Å². The molecule has 1 saturated heterocycles. The predicted octanol–water partition coefficient (Wildman–Crippen LogP) is 2.74. The maximum Gasteiger partial charge on any atom is 0.243 e. The van der Waals surface area contributed by atoms with Crippen LogP contribution in [-0.4, -0.2) is 42.4 Å². The van der Waals surface area contributed by atoms with E-state index < -0.39 is 21.0 Å². The summed E-state index contributed by atoms with van der Waals surface area (Å²) >= 11 is 0. The van der Waals surface area contributed by atoms with E-state index in [1.54, 1.807) is 24.3 Å². The normalized spacial score (nSPS) is 37.3. The lowest BCUT2D eigenvalue weighted by Crippen LogP contribution is -2.59. The molecule has 1 aliphatic heterocycles. The van der Waals surface area contributed by atoms with Crippen LogP contribution >= 0.6 is 0 Å². The van der Waals surface area contributed by atoms with Crippen molar-refractivity contribution in [1.29, 1.82) is 0 Å². The lowest BCUT2D eigenvalue weighted by molar-refractivity contribution is -0.174. The minimum absolute atomic E-state index is 0.0184. The number of carbonyl (C=O) groups excluding carboxylic acids is 1. The molecule has 7 heteroatoms. The van der Waals surface area contributed by atoms with E-state index in [1.807, 2.05) is 0 Å². The Kier molecular flexibility index (Phi) is 4.17. The number of hydrogen-bond acceptors (Lipinski definition) is 4. The molecule has 4 aliphatic carbocycles. The molecule has 1 amide bonds. The smallest absolute Gasteiger partial charge is 0.243 e. The summed E-state index contributed by atoms with van der Waals surface area (Å²) < 4.78 is 26.8. The van der Waals surface area contributed by atoms with Crippen LogP contribution in [0.5, 0.6) is 0 Å². The third-order valence-corrected chi connectivity index (χ3v) is 9.24. The van der Waals surface area contributed by atoms with Gasteiger partial charge in [-0.2, -0.15) is 4.31 Å². The Labute approximate surface area is 166 Å². The number of anilines is 1. The fourth-order valence-corrected chi connectivity index (χ4v) is 8.05. The van der Waals surface area contributed by atoms with Gasteiger partial charge in [0.2, 0.25) is 15.9 Å². The fraction of sp³-hybridized carbons (Fsp3) is 0.667. The van der Waals surface area contributed by atoms with Gasteiger partial charge in [0.25, 0.3) is 0 Å². The molecular formula is C21H28N2O4S. The zero-order valence-electron chi connectivity index (χ0n) is 16.1. The minimum atomic E-state index is -3.44. The number of sulfonamides is 1. The number of aliphatic hydroxyl groups is 1. The van der Waals surface area contributed by atoms with Gasteiger partial charge in [-0.05, 0) is 87.5 Å². The van der Waals surface area contributed by atoms with Gasteiger partial charge in [0.05, 0.1) is 15.9 Å². The van der Waals surface area contributed by atoms with E-state index in [-0.39, 0.29) is 10.8 Å². The highest BCUT2D eigenvalue weighted by Crippen LogP contribution is 2.61. The summed E-state index contributed by atoms with van der Waals surface area (Å²) in [4.78, 5) is 13.4. The third kappa shape index (κ3) is 2.99. The molecule has 1 heterocycles. The predicted molar refractivity (Wildman–Crippen MR) is 105 cm³/mol. The SMILES string of the molecule is O=C(Nc1ccc(S(=O)(=O)N2CCCC2)cc1)C12CC3CC(CC(O)(C3)C1)C2. The zero-order valence-corrected chi connectivity index (χ0v) is 16.9. The molecule has 0 spiro atoms. The van der Waals surface area contributed by atoms with Gasteiger partial charge in [-0.1, -0.05) is 0 Å². The number of benzene rings is 1. The van der Waals surface area contributed by atoms with E-state index in [0.29, 0.717) is 37.0 Å². The van der Waals surface area contributed by atoms with E-state index >= 15 is 0 Å². The molecule has 5 aliphatic rings. The highest BCUT2D eigenvalue weighted by atomic mass is 32.2. The van der Waals surface area contributed by atoms with E-state index in [2.05, 4.69) is 5.32 Å². The van der Waals surface area contributed by atoms with Crippen LogP contribution < -0.4 is 5.32 Å². The van der Waals surface area contributed by atoms with Crippen LogP contribution in [0.25, 0.3) is 0 Å². The van der Waals surface area contributed by atoms with Crippen LogP contribution in [0.2, 0.25) is 0 Å². The van der Waals surface area contributed by atoms with Crippen LogP contribution in [0.4, 0.5) is 5.69 Å². The zero-order chi connectivity index (χ0) is 19.6. The van der Waals surface area contributed by atoms with Crippen molar-refractivity contribution in [3.05, 3.63) is 24.3 Å². The average Bonchev–Trinajstić information content (AvgIpc) is 3.15. The number of hydrogen-bond donors (Lipinski definition) is 2. The molecule has 0 radical (unpaired) electrons. The summed E-state index contributed by atoms with van der Waals surface area (Å²) in [5, 5.41) is 13.9. The Morgan fingerprint density at radius 3 is 2.21 bits per heavy atom. The van der Waals surface area contributed by atoms with Crippen molar-refractivity contribution in [2.24, 2.45) is 17.3 Å². The second-order valence-electron chi connectivity index (χ2n) is 9.56. The fourth-order valence-electron chi connectivity index (χ4n) is 6.53. The van der Waals surface area contributed by atoms with Crippen LogP contribution in [0, 0.1) is 17.3 Å². The molecule has 152 valence electrons. The number of amides is 1. The number of nitrogens with one attached hydrogen (secondary N) is 1. The molecule has 28 heavy (non-hydrogen) atoms. The molecular weight excluding hydrogens is 376 g/mol. The van der Waals surface area contributed by atoms with Crippen LogP contribution in [0.15, 0.2) is 29.2 Å². The number of carbonyl (C=O) groups is 1. The molecule has 2 atom stereocenters. The molecule has 1 aromatic rings. The second-order valence-corrected chi connectivity index (χ2v) is 11.5. The van der Waals surface area contributed by atoms with Gasteiger partial charge in [-0.15, -0.1) is 0 Å². The monoisotopic (exact) mass is 404 g/mol. The van der Waals surface area contributed by atoms with Gasteiger partial charge in [0.1, 0.15) is 0 Å².